The van der Waals surface area contributed by atoms with Crippen molar-refractivity contribution in [1.82, 2.24) is 9.97 Å². The largest absolute Gasteiger partial charge is 0.390 e. The average Bonchev–Trinajstić information content (AvgIpc) is 2.90. The van der Waals surface area contributed by atoms with Crippen LogP contribution in [0, 0.1) is 10.1 Å². The number of nitrogens with one attached hydrogen (secondary N) is 2. The lowest BCUT2D eigenvalue weighted by Gasteiger charge is -2.19. The number of hydrogen-bond acceptors (Lipinski definition) is 6. The number of nitro benzene ring substituents is 1. The van der Waals surface area contributed by atoms with Crippen molar-refractivity contribution < 1.29 is 10.0 Å². The summed E-state index contributed by atoms with van der Waals surface area (Å²) >= 11 is 0. The first-order valence-corrected chi connectivity index (χ1v) is 7.73. The molecular formula is C17H14N4O4. The van der Waals surface area contributed by atoms with Gasteiger partial charge in [-0.25, -0.2) is 4.98 Å². The number of rotatable bonds is 3. The highest BCUT2D eigenvalue weighted by atomic mass is 16.6. The van der Waals surface area contributed by atoms with Crippen molar-refractivity contribution in [2.75, 3.05) is 5.32 Å². The zero-order chi connectivity index (χ0) is 17.6. The van der Waals surface area contributed by atoms with Crippen molar-refractivity contribution in [3.63, 3.8) is 0 Å². The number of aromatic nitrogens is 2. The van der Waals surface area contributed by atoms with Gasteiger partial charge in [0.15, 0.2) is 0 Å². The predicted molar refractivity (Wildman–Crippen MR) is 91.5 cm³/mol. The van der Waals surface area contributed by atoms with E-state index in [1.165, 1.54) is 18.5 Å². The van der Waals surface area contributed by atoms with E-state index in [-0.39, 0.29) is 16.8 Å². The van der Waals surface area contributed by atoms with Crippen molar-refractivity contribution in [2.24, 2.45) is 0 Å². The molecule has 2 aromatic carbocycles. The molecule has 1 heterocycles. The number of aromatic amines is 1. The Hall–Kier alpha value is -3.26. The Bertz CT molecular complexity index is 1050. The van der Waals surface area contributed by atoms with Crippen molar-refractivity contribution in [2.45, 2.75) is 18.6 Å². The van der Waals surface area contributed by atoms with E-state index in [1.54, 1.807) is 0 Å². The standard InChI is InChI=1S/C17H14N4O4/c22-15-5-9-3-1-2-4-10(9)16(15)20-13-7-12-11(6-14(13)21(24)25)17(23)19-8-18-12/h1-4,6-8,15-16,20,22H,5H2,(H,18,19,23)/t15-,16+/m1/s1. The number of aliphatic hydroxyl groups excluding tert-OH is 1. The van der Waals surface area contributed by atoms with Crippen LogP contribution >= 0.6 is 0 Å². The number of nitro groups is 1. The molecule has 0 radical (unpaired) electrons. The molecule has 0 fully saturated rings. The van der Waals surface area contributed by atoms with E-state index in [2.05, 4.69) is 15.3 Å². The summed E-state index contributed by atoms with van der Waals surface area (Å²) in [6, 6.07) is 9.78. The summed E-state index contributed by atoms with van der Waals surface area (Å²) in [6.07, 6.45) is 1.03. The van der Waals surface area contributed by atoms with Gasteiger partial charge in [0, 0.05) is 12.5 Å². The Morgan fingerprint density at radius 3 is 2.92 bits per heavy atom. The lowest BCUT2D eigenvalue weighted by molar-refractivity contribution is -0.383. The number of aliphatic hydroxyl groups is 1. The highest BCUT2D eigenvalue weighted by Crippen LogP contribution is 2.37. The van der Waals surface area contributed by atoms with Crippen molar-refractivity contribution in [3.8, 4) is 0 Å². The van der Waals surface area contributed by atoms with Crippen LogP contribution in [0.5, 0.6) is 0 Å². The zero-order valence-electron chi connectivity index (χ0n) is 13.0. The molecule has 2 atom stereocenters. The molecule has 126 valence electrons. The van der Waals surface area contributed by atoms with Crippen LogP contribution in [0.25, 0.3) is 10.9 Å². The molecule has 1 aliphatic rings. The fourth-order valence-electron chi connectivity index (χ4n) is 3.29. The van der Waals surface area contributed by atoms with Crippen LogP contribution in [0.15, 0.2) is 47.5 Å². The van der Waals surface area contributed by atoms with Gasteiger partial charge in [0.05, 0.1) is 34.3 Å². The molecule has 0 saturated heterocycles. The molecule has 1 aromatic heterocycles. The lowest BCUT2D eigenvalue weighted by Crippen LogP contribution is -2.21. The number of benzene rings is 2. The quantitative estimate of drug-likeness (QED) is 0.495. The van der Waals surface area contributed by atoms with E-state index in [9.17, 15) is 20.0 Å². The number of fused-ring (bicyclic) bond motifs is 2. The molecule has 0 aliphatic heterocycles. The molecule has 0 saturated carbocycles. The first-order chi connectivity index (χ1) is 12.0. The van der Waals surface area contributed by atoms with Gasteiger partial charge in [0.25, 0.3) is 11.2 Å². The van der Waals surface area contributed by atoms with Crippen molar-refractivity contribution >= 4 is 22.3 Å². The molecule has 25 heavy (non-hydrogen) atoms. The second kappa shape index (κ2) is 5.67. The molecule has 0 bridgehead atoms. The fourth-order valence-corrected chi connectivity index (χ4v) is 3.29. The second-order valence-corrected chi connectivity index (χ2v) is 5.97. The minimum Gasteiger partial charge on any atom is -0.390 e. The summed E-state index contributed by atoms with van der Waals surface area (Å²) < 4.78 is 0. The first kappa shape index (κ1) is 15.3. The topological polar surface area (TPSA) is 121 Å². The van der Waals surface area contributed by atoms with Gasteiger partial charge in [-0.2, -0.15) is 0 Å². The van der Waals surface area contributed by atoms with Crippen LogP contribution in [-0.4, -0.2) is 26.1 Å². The van der Waals surface area contributed by atoms with Crippen LogP contribution in [0.1, 0.15) is 17.2 Å². The van der Waals surface area contributed by atoms with Gasteiger partial charge >= 0.3 is 0 Å². The first-order valence-electron chi connectivity index (χ1n) is 7.73. The van der Waals surface area contributed by atoms with Gasteiger partial charge < -0.3 is 15.4 Å². The molecule has 0 spiro atoms. The Kier molecular flexibility index (Phi) is 3.47. The highest BCUT2D eigenvalue weighted by Gasteiger charge is 2.32. The summed E-state index contributed by atoms with van der Waals surface area (Å²) in [5.41, 5.74) is 1.80. The maximum Gasteiger partial charge on any atom is 0.293 e. The van der Waals surface area contributed by atoms with Gasteiger partial charge in [-0.3, -0.25) is 14.9 Å². The lowest BCUT2D eigenvalue weighted by atomic mass is 10.1. The molecule has 3 N–H and O–H groups in total. The predicted octanol–water partition coefficient (Wildman–Crippen LogP) is 1.90. The van der Waals surface area contributed by atoms with Crippen molar-refractivity contribution in [3.05, 3.63) is 74.3 Å². The summed E-state index contributed by atoms with van der Waals surface area (Å²) in [5, 5.41) is 25.0. The molecule has 0 amide bonds. The van der Waals surface area contributed by atoms with Gasteiger partial charge in [-0.15, -0.1) is 0 Å². The summed E-state index contributed by atoms with van der Waals surface area (Å²) in [6.45, 7) is 0. The van der Waals surface area contributed by atoms with Crippen molar-refractivity contribution in [1.29, 1.82) is 0 Å². The average molecular weight is 338 g/mol. The van der Waals surface area contributed by atoms with Gasteiger partial charge in [-0.1, -0.05) is 24.3 Å². The molecular weight excluding hydrogens is 324 g/mol. The van der Waals surface area contributed by atoms with E-state index in [4.69, 9.17) is 0 Å². The zero-order valence-corrected chi connectivity index (χ0v) is 13.0. The van der Waals surface area contributed by atoms with E-state index in [0.717, 1.165) is 11.1 Å². The molecule has 0 unspecified atom stereocenters. The highest BCUT2D eigenvalue weighted by molar-refractivity contribution is 5.86. The minimum atomic E-state index is -0.695. The summed E-state index contributed by atoms with van der Waals surface area (Å²) in [7, 11) is 0. The van der Waals surface area contributed by atoms with Crippen LogP contribution < -0.4 is 10.9 Å². The SMILES string of the molecule is O=c1[nH]cnc2cc(N[C@H]3c4ccccc4C[C@H]3O)c([N+](=O)[O-])cc12. The number of hydrogen-bond donors (Lipinski definition) is 3. The molecule has 3 aromatic rings. The third-order valence-corrected chi connectivity index (χ3v) is 4.47. The summed E-state index contributed by atoms with van der Waals surface area (Å²) in [5.74, 6) is 0. The van der Waals surface area contributed by atoms with Crippen LogP contribution in [0.2, 0.25) is 0 Å². The number of nitrogens with zero attached hydrogens (tertiary/aromatic N) is 2. The monoisotopic (exact) mass is 338 g/mol. The second-order valence-electron chi connectivity index (χ2n) is 5.97. The van der Waals surface area contributed by atoms with Crippen LogP contribution in [-0.2, 0) is 6.42 Å². The molecule has 8 nitrogen and oxygen atoms in total. The fraction of sp³-hybridized carbons (Fsp3) is 0.176. The van der Waals surface area contributed by atoms with Crippen LogP contribution in [0.4, 0.5) is 11.4 Å². The van der Waals surface area contributed by atoms with Gasteiger partial charge in [0.2, 0.25) is 0 Å². The molecule has 4 rings (SSSR count). The maximum atomic E-state index is 11.8. The Morgan fingerprint density at radius 2 is 2.12 bits per heavy atom. The number of anilines is 1. The van der Waals surface area contributed by atoms with Gasteiger partial charge in [-0.05, 0) is 17.2 Å². The van der Waals surface area contributed by atoms with E-state index < -0.39 is 22.6 Å². The third-order valence-electron chi connectivity index (χ3n) is 4.47. The maximum absolute atomic E-state index is 11.8. The third kappa shape index (κ3) is 2.52. The Labute approximate surface area is 141 Å². The van der Waals surface area contributed by atoms with E-state index in [1.807, 2.05) is 24.3 Å². The smallest absolute Gasteiger partial charge is 0.293 e. The van der Waals surface area contributed by atoms with E-state index in [0.29, 0.717) is 11.9 Å². The Morgan fingerprint density at radius 1 is 1.32 bits per heavy atom. The van der Waals surface area contributed by atoms with Crippen LogP contribution in [0.3, 0.4) is 0 Å². The normalized spacial score (nSPS) is 18.9. The Balaban J connectivity index is 1.83. The summed E-state index contributed by atoms with van der Waals surface area (Å²) in [4.78, 5) is 29.2. The molecule has 8 heteroatoms. The molecule has 1 aliphatic carbocycles. The number of H-pyrrole nitrogens is 1. The van der Waals surface area contributed by atoms with Gasteiger partial charge in [0.1, 0.15) is 5.69 Å². The van der Waals surface area contributed by atoms with E-state index >= 15 is 0 Å². The minimum absolute atomic E-state index is 0.145.